The fourth-order valence-corrected chi connectivity index (χ4v) is 2.20. The lowest BCUT2D eigenvalue weighted by atomic mass is 10.0. The number of furan rings is 1. The molecule has 4 nitrogen and oxygen atoms in total. The number of hydrogen-bond donors (Lipinski definition) is 0. The third-order valence-electron chi connectivity index (χ3n) is 3.16. The Balaban J connectivity index is 2.32. The van der Waals surface area contributed by atoms with E-state index in [9.17, 15) is 9.59 Å². The van der Waals surface area contributed by atoms with Crippen molar-refractivity contribution in [2.45, 2.75) is 13.3 Å². The van der Waals surface area contributed by atoms with Crippen molar-refractivity contribution >= 4 is 16.8 Å². The Hall–Kier alpha value is -2.62. The maximum Gasteiger partial charge on any atom is 0.235 e. The molecular weight excluding hydrogens is 256 g/mol. The lowest BCUT2D eigenvalue weighted by molar-refractivity contribution is 0.100. The highest BCUT2D eigenvalue weighted by Crippen LogP contribution is 2.19. The SMILES string of the molecule is CCc1oc2ccccc2c(=O)c1C(=O)c1ccco1. The number of rotatable bonds is 3. The van der Waals surface area contributed by atoms with Gasteiger partial charge in [-0.1, -0.05) is 19.1 Å². The summed E-state index contributed by atoms with van der Waals surface area (Å²) in [6.07, 6.45) is 1.86. The van der Waals surface area contributed by atoms with E-state index >= 15 is 0 Å². The van der Waals surface area contributed by atoms with E-state index in [1.165, 1.54) is 12.3 Å². The Kier molecular flexibility index (Phi) is 2.99. The predicted octanol–water partition coefficient (Wildman–Crippen LogP) is 3.18. The van der Waals surface area contributed by atoms with Gasteiger partial charge in [-0.3, -0.25) is 9.59 Å². The van der Waals surface area contributed by atoms with Crippen LogP contribution in [0.2, 0.25) is 0 Å². The summed E-state index contributed by atoms with van der Waals surface area (Å²) in [6.45, 7) is 1.84. The summed E-state index contributed by atoms with van der Waals surface area (Å²) in [5.41, 5.74) is 0.233. The van der Waals surface area contributed by atoms with Gasteiger partial charge in [-0.25, -0.2) is 0 Å². The highest BCUT2D eigenvalue weighted by atomic mass is 16.3. The summed E-state index contributed by atoms with van der Waals surface area (Å²) in [6, 6.07) is 10.1. The topological polar surface area (TPSA) is 60.4 Å². The van der Waals surface area contributed by atoms with Crippen LogP contribution in [0.15, 0.2) is 56.3 Å². The standard InChI is InChI=1S/C16H12O4/c1-2-11-14(16(18)13-8-5-9-19-13)15(17)10-6-3-4-7-12(10)20-11/h3-9H,2H2,1H3. The summed E-state index contributed by atoms with van der Waals surface area (Å²) in [5.74, 6) is 0.0868. The van der Waals surface area contributed by atoms with Crippen molar-refractivity contribution in [3.05, 3.63) is 70.0 Å². The van der Waals surface area contributed by atoms with Gasteiger partial charge in [-0.2, -0.15) is 0 Å². The van der Waals surface area contributed by atoms with Crippen LogP contribution in [-0.4, -0.2) is 5.78 Å². The molecule has 0 saturated heterocycles. The van der Waals surface area contributed by atoms with Crippen molar-refractivity contribution in [1.82, 2.24) is 0 Å². The van der Waals surface area contributed by atoms with E-state index in [2.05, 4.69) is 0 Å². The Labute approximate surface area is 114 Å². The van der Waals surface area contributed by atoms with Gasteiger partial charge in [0.1, 0.15) is 16.9 Å². The van der Waals surface area contributed by atoms with Gasteiger partial charge in [0, 0.05) is 6.42 Å². The average molecular weight is 268 g/mol. The Morgan fingerprint density at radius 1 is 1.15 bits per heavy atom. The Bertz CT molecular complexity index is 825. The van der Waals surface area contributed by atoms with Crippen molar-refractivity contribution in [3.63, 3.8) is 0 Å². The first-order chi connectivity index (χ1) is 9.72. The summed E-state index contributed by atoms with van der Waals surface area (Å²) < 4.78 is 10.8. The van der Waals surface area contributed by atoms with E-state index < -0.39 is 5.78 Å². The lowest BCUT2D eigenvalue weighted by Crippen LogP contribution is -2.18. The summed E-state index contributed by atoms with van der Waals surface area (Å²) >= 11 is 0. The molecule has 4 heteroatoms. The predicted molar refractivity (Wildman–Crippen MR) is 74.0 cm³/mol. The van der Waals surface area contributed by atoms with Crippen molar-refractivity contribution in [1.29, 1.82) is 0 Å². The van der Waals surface area contributed by atoms with Crippen LogP contribution in [-0.2, 0) is 6.42 Å². The molecule has 0 bridgehead atoms. The first-order valence-corrected chi connectivity index (χ1v) is 6.35. The molecule has 20 heavy (non-hydrogen) atoms. The first-order valence-electron chi connectivity index (χ1n) is 6.35. The summed E-state index contributed by atoms with van der Waals surface area (Å²) in [4.78, 5) is 24.9. The van der Waals surface area contributed by atoms with Crippen LogP contribution in [0, 0.1) is 0 Å². The fraction of sp³-hybridized carbons (Fsp3) is 0.125. The third-order valence-corrected chi connectivity index (χ3v) is 3.16. The largest absolute Gasteiger partial charge is 0.461 e. The van der Waals surface area contributed by atoms with Gasteiger partial charge in [-0.05, 0) is 24.3 Å². The Morgan fingerprint density at radius 3 is 2.65 bits per heavy atom. The molecule has 3 rings (SSSR count). The fourth-order valence-electron chi connectivity index (χ4n) is 2.20. The number of carbonyl (C=O) groups excluding carboxylic acids is 1. The zero-order chi connectivity index (χ0) is 14.1. The smallest absolute Gasteiger partial charge is 0.235 e. The number of para-hydroxylation sites is 1. The maximum absolute atomic E-state index is 12.5. The summed E-state index contributed by atoms with van der Waals surface area (Å²) in [5, 5.41) is 0.402. The highest BCUT2D eigenvalue weighted by Gasteiger charge is 2.22. The van der Waals surface area contributed by atoms with E-state index in [0.29, 0.717) is 23.2 Å². The van der Waals surface area contributed by atoms with Gasteiger partial charge in [0.25, 0.3) is 0 Å². The molecule has 100 valence electrons. The van der Waals surface area contributed by atoms with Crippen LogP contribution in [0.5, 0.6) is 0 Å². The van der Waals surface area contributed by atoms with Crippen LogP contribution >= 0.6 is 0 Å². The maximum atomic E-state index is 12.5. The number of aryl methyl sites for hydroxylation is 1. The van der Waals surface area contributed by atoms with Gasteiger partial charge in [0.05, 0.1) is 11.6 Å². The molecule has 0 saturated carbocycles. The average Bonchev–Trinajstić information content (AvgIpc) is 3.00. The van der Waals surface area contributed by atoms with Crippen molar-refractivity contribution in [2.75, 3.05) is 0 Å². The number of fused-ring (bicyclic) bond motifs is 1. The molecule has 0 unspecified atom stereocenters. The van der Waals surface area contributed by atoms with E-state index in [0.717, 1.165) is 0 Å². The van der Waals surface area contributed by atoms with Crippen LogP contribution < -0.4 is 5.43 Å². The zero-order valence-corrected chi connectivity index (χ0v) is 10.9. The molecule has 0 atom stereocenters. The normalized spacial score (nSPS) is 10.8. The van der Waals surface area contributed by atoms with E-state index in [1.807, 2.05) is 6.92 Å². The van der Waals surface area contributed by atoms with E-state index in [4.69, 9.17) is 8.83 Å². The molecule has 2 aromatic heterocycles. The van der Waals surface area contributed by atoms with Gasteiger partial charge in [-0.15, -0.1) is 0 Å². The van der Waals surface area contributed by atoms with Crippen LogP contribution in [0.25, 0.3) is 11.0 Å². The number of hydrogen-bond acceptors (Lipinski definition) is 4. The minimum atomic E-state index is -0.439. The van der Waals surface area contributed by atoms with E-state index in [1.54, 1.807) is 30.3 Å². The molecule has 0 radical (unpaired) electrons. The minimum Gasteiger partial charge on any atom is -0.461 e. The molecule has 0 amide bonds. The Morgan fingerprint density at radius 2 is 1.95 bits per heavy atom. The molecule has 2 heterocycles. The zero-order valence-electron chi connectivity index (χ0n) is 10.9. The molecule has 0 aliphatic rings. The summed E-state index contributed by atoms with van der Waals surface area (Å²) in [7, 11) is 0. The first kappa shape index (κ1) is 12.4. The monoisotopic (exact) mass is 268 g/mol. The second kappa shape index (κ2) is 4.81. The minimum absolute atomic E-state index is 0.0566. The van der Waals surface area contributed by atoms with Gasteiger partial charge < -0.3 is 8.83 Å². The number of ketones is 1. The van der Waals surface area contributed by atoms with Crippen LogP contribution in [0.4, 0.5) is 0 Å². The second-order valence-corrected chi connectivity index (χ2v) is 4.39. The molecule has 0 aliphatic heterocycles. The van der Waals surface area contributed by atoms with Crippen molar-refractivity contribution < 1.29 is 13.6 Å². The van der Waals surface area contributed by atoms with Crippen molar-refractivity contribution in [2.24, 2.45) is 0 Å². The van der Waals surface area contributed by atoms with Gasteiger partial charge in [0.15, 0.2) is 5.76 Å². The molecule has 1 aromatic carbocycles. The van der Waals surface area contributed by atoms with Gasteiger partial charge in [0.2, 0.25) is 11.2 Å². The molecule has 0 aliphatic carbocycles. The van der Waals surface area contributed by atoms with E-state index in [-0.39, 0.29) is 16.8 Å². The highest BCUT2D eigenvalue weighted by molar-refractivity contribution is 6.09. The quantitative estimate of drug-likeness (QED) is 0.684. The van der Waals surface area contributed by atoms with Gasteiger partial charge >= 0.3 is 0 Å². The number of carbonyl (C=O) groups is 1. The van der Waals surface area contributed by atoms with Crippen molar-refractivity contribution in [3.8, 4) is 0 Å². The molecule has 0 N–H and O–H groups in total. The molecule has 0 spiro atoms. The molecule has 0 fully saturated rings. The van der Waals surface area contributed by atoms with Crippen LogP contribution in [0.3, 0.4) is 0 Å². The lowest BCUT2D eigenvalue weighted by Gasteiger charge is -2.06. The number of benzene rings is 1. The van der Waals surface area contributed by atoms with Crippen LogP contribution in [0.1, 0.15) is 28.8 Å². The third kappa shape index (κ3) is 1.86. The molecular formula is C16H12O4. The second-order valence-electron chi connectivity index (χ2n) is 4.39. The molecule has 3 aromatic rings.